The molecule has 1 aliphatic rings. The molecule has 1 aromatic carbocycles. The number of H-pyrrole nitrogens is 1. The quantitative estimate of drug-likeness (QED) is 0.421. The summed E-state index contributed by atoms with van der Waals surface area (Å²) in [5.41, 5.74) is 1.51. The number of rotatable bonds is 4. The first kappa shape index (κ1) is 23.7. The summed E-state index contributed by atoms with van der Waals surface area (Å²) < 4.78 is 16.8. The fraction of sp³-hybridized carbons (Fsp3) is 0.429. The average molecular weight is 539 g/mol. The molecular weight excluding hydrogens is 513 g/mol. The molecular formula is C21H26BrClFN9. The van der Waals surface area contributed by atoms with Crippen molar-refractivity contribution in [2.75, 3.05) is 50.1 Å². The van der Waals surface area contributed by atoms with Crippen molar-refractivity contribution in [3.63, 3.8) is 0 Å². The number of anilines is 2. The molecule has 1 saturated heterocycles. The van der Waals surface area contributed by atoms with Gasteiger partial charge in [-0.25, -0.2) is 9.37 Å². The number of likely N-dealkylation sites (N-methyl/N-ethyl adjacent to an activating group) is 1. The lowest BCUT2D eigenvalue weighted by Gasteiger charge is -2.32. The Morgan fingerprint density at radius 1 is 1.15 bits per heavy atom. The van der Waals surface area contributed by atoms with E-state index in [1.807, 2.05) is 25.8 Å². The number of piperazine rings is 1. The van der Waals surface area contributed by atoms with Crippen LogP contribution in [0.15, 0.2) is 22.8 Å². The average Bonchev–Trinajstić information content (AvgIpc) is 3.41. The summed E-state index contributed by atoms with van der Waals surface area (Å²) in [6, 6.07) is 3.23. The van der Waals surface area contributed by atoms with Crippen molar-refractivity contribution >= 4 is 56.1 Å². The van der Waals surface area contributed by atoms with Gasteiger partial charge < -0.3 is 19.7 Å². The predicted molar refractivity (Wildman–Crippen MR) is 133 cm³/mol. The van der Waals surface area contributed by atoms with Gasteiger partial charge >= 0.3 is 0 Å². The molecule has 176 valence electrons. The van der Waals surface area contributed by atoms with Crippen molar-refractivity contribution in [3.05, 3.63) is 39.5 Å². The third kappa shape index (κ3) is 4.62. The molecule has 3 aromatic heterocycles. The summed E-state index contributed by atoms with van der Waals surface area (Å²) in [6.07, 6.45) is 1.70. The minimum atomic E-state index is -0.526. The molecule has 0 unspecified atom stereocenters. The van der Waals surface area contributed by atoms with E-state index in [4.69, 9.17) is 21.6 Å². The highest BCUT2D eigenvalue weighted by atomic mass is 79.9. The van der Waals surface area contributed by atoms with E-state index < -0.39 is 5.82 Å². The first-order valence-electron chi connectivity index (χ1n) is 10.8. The van der Waals surface area contributed by atoms with E-state index in [0.717, 1.165) is 30.7 Å². The maximum absolute atomic E-state index is 14.3. The molecule has 5 rings (SSSR count). The van der Waals surface area contributed by atoms with E-state index in [1.54, 1.807) is 16.8 Å². The van der Waals surface area contributed by atoms with Crippen LogP contribution < -0.4 is 9.80 Å². The highest BCUT2D eigenvalue weighted by Gasteiger charge is 2.22. The van der Waals surface area contributed by atoms with Gasteiger partial charge in [0.1, 0.15) is 11.3 Å². The normalized spacial score (nSPS) is 14.6. The minimum absolute atomic E-state index is 0.0506. The van der Waals surface area contributed by atoms with Gasteiger partial charge in [-0.1, -0.05) is 25.4 Å². The maximum Gasteiger partial charge on any atom is 0.232 e. The molecule has 9 nitrogen and oxygen atoms in total. The molecule has 1 N–H and O–H groups in total. The number of benzene rings is 1. The summed E-state index contributed by atoms with van der Waals surface area (Å²) in [5.74, 6) is 1.34. The Labute approximate surface area is 204 Å². The molecule has 4 aromatic rings. The van der Waals surface area contributed by atoms with Gasteiger partial charge in [0, 0.05) is 33.2 Å². The number of halogens is 3. The van der Waals surface area contributed by atoms with Gasteiger partial charge in [-0.2, -0.15) is 19.6 Å². The lowest BCUT2D eigenvalue weighted by molar-refractivity contribution is 0.311. The second-order valence-electron chi connectivity index (χ2n) is 7.64. The number of aromatic amines is 1. The molecule has 1 fully saturated rings. The van der Waals surface area contributed by atoms with E-state index in [0.29, 0.717) is 35.4 Å². The number of hydrogen-bond donors (Lipinski definition) is 1. The minimum Gasteiger partial charge on any atom is -0.340 e. The van der Waals surface area contributed by atoms with Crippen LogP contribution in [0.1, 0.15) is 19.7 Å². The third-order valence-corrected chi connectivity index (χ3v) is 6.26. The Bertz CT molecular complexity index is 1270. The van der Waals surface area contributed by atoms with Gasteiger partial charge in [0.25, 0.3) is 0 Å². The van der Waals surface area contributed by atoms with Crippen LogP contribution in [0, 0.1) is 5.82 Å². The van der Waals surface area contributed by atoms with Crippen LogP contribution in [0.4, 0.5) is 16.3 Å². The number of nitrogens with one attached hydrogen (secondary N) is 1. The summed E-state index contributed by atoms with van der Waals surface area (Å²) in [4.78, 5) is 23.4. The summed E-state index contributed by atoms with van der Waals surface area (Å²) in [6.45, 7) is 7.98. The summed E-state index contributed by atoms with van der Waals surface area (Å²) in [7, 11) is 4.00. The molecule has 4 heterocycles. The zero-order valence-corrected chi connectivity index (χ0v) is 21.3. The molecule has 0 saturated carbocycles. The van der Waals surface area contributed by atoms with E-state index >= 15 is 0 Å². The monoisotopic (exact) mass is 537 g/mol. The molecule has 0 spiro atoms. The van der Waals surface area contributed by atoms with E-state index in [-0.39, 0.29) is 10.5 Å². The smallest absolute Gasteiger partial charge is 0.232 e. The fourth-order valence-electron chi connectivity index (χ4n) is 3.66. The first-order chi connectivity index (χ1) is 15.9. The number of imidazole rings is 1. The Hall–Kier alpha value is -2.50. The molecule has 0 radical (unpaired) electrons. The topological polar surface area (TPSA) is 81.5 Å². The molecule has 0 amide bonds. The van der Waals surface area contributed by atoms with Crippen LogP contribution in [0.25, 0.3) is 16.7 Å². The molecule has 33 heavy (non-hydrogen) atoms. The Morgan fingerprint density at radius 3 is 2.61 bits per heavy atom. The van der Waals surface area contributed by atoms with Gasteiger partial charge in [-0.3, -0.25) is 0 Å². The van der Waals surface area contributed by atoms with E-state index in [1.165, 1.54) is 6.07 Å². The highest BCUT2D eigenvalue weighted by molar-refractivity contribution is 9.10. The van der Waals surface area contributed by atoms with Crippen molar-refractivity contribution in [1.29, 1.82) is 0 Å². The lowest BCUT2D eigenvalue weighted by atomic mass is 10.3. The van der Waals surface area contributed by atoms with Crippen molar-refractivity contribution in [2.45, 2.75) is 20.4 Å². The van der Waals surface area contributed by atoms with Gasteiger partial charge in [0.2, 0.25) is 11.9 Å². The largest absolute Gasteiger partial charge is 0.340 e. The van der Waals surface area contributed by atoms with Gasteiger partial charge in [0.05, 0.1) is 27.8 Å². The van der Waals surface area contributed by atoms with Crippen LogP contribution >= 0.6 is 27.5 Å². The predicted octanol–water partition coefficient (Wildman–Crippen LogP) is 3.97. The zero-order chi connectivity index (χ0) is 23.7. The molecule has 1 aliphatic heterocycles. The second kappa shape index (κ2) is 9.78. The van der Waals surface area contributed by atoms with E-state index in [9.17, 15) is 4.39 Å². The SMILES string of the molecule is CC.CN1CCN(c2nc(N(C)Cc3nc4c(F)c(Cl)ccc4[nH]3)n3ncc(Br)c3n2)CC1. The lowest BCUT2D eigenvalue weighted by Crippen LogP contribution is -2.45. The van der Waals surface area contributed by atoms with Crippen molar-refractivity contribution in [2.24, 2.45) is 0 Å². The van der Waals surface area contributed by atoms with Crippen LogP contribution in [0.3, 0.4) is 0 Å². The second-order valence-corrected chi connectivity index (χ2v) is 8.90. The first-order valence-corrected chi connectivity index (χ1v) is 12.0. The molecule has 12 heteroatoms. The van der Waals surface area contributed by atoms with Crippen LogP contribution in [-0.2, 0) is 6.54 Å². The van der Waals surface area contributed by atoms with Crippen molar-refractivity contribution < 1.29 is 4.39 Å². The molecule has 0 atom stereocenters. The van der Waals surface area contributed by atoms with Crippen molar-refractivity contribution in [3.8, 4) is 0 Å². The number of nitrogens with zero attached hydrogens (tertiary/aromatic N) is 8. The maximum atomic E-state index is 14.3. The standard InChI is InChI=1S/C19H20BrClFN9.C2H6/c1-28-5-7-30(8-6-28)18-26-17-11(20)9-23-31(17)19(27-18)29(2)10-14-24-13-4-3-12(21)15(22)16(13)25-14;1-2/h3-4,9H,5-8,10H2,1-2H3,(H,24,25);1-2H3. The van der Waals surface area contributed by atoms with Gasteiger partial charge in [-0.15, -0.1) is 0 Å². The molecule has 0 bridgehead atoms. The van der Waals surface area contributed by atoms with Crippen molar-refractivity contribution in [1.82, 2.24) is 34.4 Å². The number of hydrogen-bond acceptors (Lipinski definition) is 7. The van der Waals surface area contributed by atoms with Crippen LogP contribution in [0.5, 0.6) is 0 Å². The Morgan fingerprint density at radius 2 is 1.88 bits per heavy atom. The molecule has 0 aliphatic carbocycles. The zero-order valence-electron chi connectivity index (χ0n) is 19.0. The van der Waals surface area contributed by atoms with Crippen LogP contribution in [0.2, 0.25) is 5.02 Å². The van der Waals surface area contributed by atoms with Gasteiger partial charge in [0.15, 0.2) is 11.5 Å². The Balaban J connectivity index is 0.00000126. The van der Waals surface area contributed by atoms with Gasteiger partial charge in [-0.05, 0) is 35.1 Å². The number of aromatic nitrogens is 6. The third-order valence-electron chi connectivity index (χ3n) is 5.41. The highest BCUT2D eigenvalue weighted by Crippen LogP contribution is 2.26. The summed E-state index contributed by atoms with van der Waals surface area (Å²) >= 11 is 9.42. The number of fused-ring (bicyclic) bond motifs is 2. The van der Waals surface area contributed by atoms with E-state index in [2.05, 4.69) is 47.8 Å². The fourth-order valence-corrected chi connectivity index (χ4v) is 4.16. The summed E-state index contributed by atoms with van der Waals surface area (Å²) in [5, 5.41) is 4.47. The van der Waals surface area contributed by atoms with Crippen LogP contribution in [-0.4, -0.2) is 74.7 Å². The Kier molecular flexibility index (Phi) is 7.01.